The average molecular weight is 374 g/mol. The number of carboxylic acids is 1. The van der Waals surface area contributed by atoms with Gasteiger partial charge in [0, 0.05) is 19.1 Å². The summed E-state index contributed by atoms with van der Waals surface area (Å²) in [5.74, 6) is -1.24. The van der Waals surface area contributed by atoms with Crippen LogP contribution in [0, 0.1) is 0 Å². The van der Waals surface area contributed by atoms with E-state index in [9.17, 15) is 18.0 Å². The van der Waals surface area contributed by atoms with Gasteiger partial charge in [-0.05, 0) is 42.2 Å². The lowest BCUT2D eigenvalue weighted by Crippen LogP contribution is -2.50. The largest absolute Gasteiger partial charge is 0.480 e. The molecule has 0 spiro atoms. The minimum Gasteiger partial charge on any atom is -0.480 e. The number of hydrogen-bond donors (Lipinski definition) is 1. The summed E-state index contributed by atoms with van der Waals surface area (Å²) in [7, 11) is -3.24. The highest BCUT2D eigenvalue weighted by molar-refractivity contribution is 7.89. The second kappa shape index (κ2) is 8.09. The molecule has 1 aromatic heterocycles. The fourth-order valence-corrected chi connectivity index (χ4v) is 4.65. The number of sulfonamides is 1. The van der Waals surface area contributed by atoms with Crippen molar-refractivity contribution in [3.63, 3.8) is 0 Å². The molecule has 0 aliphatic carbocycles. The Bertz CT molecular complexity index is 664. The van der Waals surface area contributed by atoms with E-state index < -0.39 is 16.0 Å². The van der Waals surface area contributed by atoms with Gasteiger partial charge in [-0.25, -0.2) is 12.7 Å². The van der Waals surface area contributed by atoms with Gasteiger partial charge in [-0.2, -0.15) is 11.3 Å². The number of piperidine rings is 1. The number of amides is 1. The summed E-state index contributed by atoms with van der Waals surface area (Å²) in [5.41, 5.74) is 0.867. The Morgan fingerprint density at radius 3 is 2.54 bits per heavy atom. The summed E-state index contributed by atoms with van der Waals surface area (Å²) in [5, 5.41) is 12.9. The molecule has 2 heterocycles. The summed E-state index contributed by atoms with van der Waals surface area (Å²) in [6.45, 7) is 1.89. The van der Waals surface area contributed by atoms with E-state index in [1.54, 1.807) is 6.92 Å². The van der Waals surface area contributed by atoms with Crippen LogP contribution in [0.25, 0.3) is 0 Å². The number of carboxylic acid groups (broad SMARTS) is 1. The van der Waals surface area contributed by atoms with Crippen molar-refractivity contribution in [1.29, 1.82) is 0 Å². The summed E-state index contributed by atoms with van der Waals surface area (Å²) in [4.78, 5) is 25.0. The monoisotopic (exact) mass is 374 g/mol. The van der Waals surface area contributed by atoms with Crippen LogP contribution in [-0.2, 0) is 26.0 Å². The van der Waals surface area contributed by atoms with Crippen molar-refractivity contribution in [1.82, 2.24) is 9.21 Å². The van der Waals surface area contributed by atoms with Crippen molar-refractivity contribution in [2.24, 2.45) is 0 Å². The molecule has 1 aliphatic heterocycles. The van der Waals surface area contributed by atoms with E-state index in [-0.39, 0.29) is 30.7 Å². The SMILES string of the molecule is CCS(=O)(=O)N1CCC(N(CC(=O)O)C(=O)Cc2ccsc2)CC1. The van der Waals surface area contributed by atoms with Crippen molar-refractivity contribution in [2.75, 3.05) is 25.4 Å². The van der Waals surface area contributed by atoms with Crippen molar-refractivity contribution in [3.8, 4) is 0 Å². The smallest absolute Gasteiger partial charge is 0.323 e. The highest BCUT2D eigenvalue weighted by Gasteiger charge is 2.32. The standard InChI is InChI=1S/C15H22N2O5S2/c1-2-24(21,22)16-6-3-13(4-7-16)17(10-15(19)20)14(18)9-12-5-8-23-11-12/h5,8,11,13H,2-4,6-7,9-10H2,1H3,(H,19,20). The van der Waals surface area contributed by atoms with Gasteiger partial charge >= 0.3 is 5.97 Å². The number of rotatable bonds is 7. The van der Waals surface area contributed by atoms with E-state index in [1.165, 1.54) is 20.5 Å². The molecule has 134 valence electrons. The quantitative estimate of drug-likeness (QED) is 0.769. The Hall–Kier alpha value is -1.45. The predicted molar refractivity (Wildman–Crippen MR) is 91.4 cm³/mol. The van der Waals surface area contributed by atoms with Gasteiger partial charge in [0.15, 0.2) is 0 Å². The van der Waals surface area contributed by atoms with E-state index in [0.29, 0.717) is 25.9 Å². The first-order valence-electron chi connectivity index (χ1n) is 7.83. The Balaban J connectivity index is 2.03. The summed E-state index contributed by atoms with van der Waals surface area (Å²) < 4.78 is 25.2. The van der Waals surface area contributed by atoms with E-state index in [4.69, 9.17) is 5.11 Å². The van der Waals surface area contributed by atoms with E-state index >= 15 is 0 Å². The topological polar surface area (TPSA) is 95.0 Å². The van der Waals surface area contributed by atoms with Crippen LogP contribution in [0.2, 0.25) is 0 Å². The Labute approximate surface area is 145 Å². The lowest BCUT2D eigenvalue weighted by Gasteiger charge is -2.37. The molecule has 1 saturated heterocycles. The van der Waals surface area contributed by atoms with Crippen molar-refractivity contribution < 1.29 is 23.1 Å². The van der Waals surface area contributed by atoms with Crippen LogP contribution < -0.4 is 0 Å². The Kier molecular flexibility index (Phi) is 6.36. The molecule has 0 bridgehead atoms. The lowest BCUT2D eigenvalue weighted by molar-refractivity contribution is -0.146. The number of thiophene rings is 1. The van der Waals surface area contributed by atoms with E-state index in [2.05, 4.69) is 0 Å². The first kappa shape index (κ1) is 18.9. The number of hydrogen-bond acceptors (Lipinski definition) is 5. The zero-order chi connectivity index (χ0) is 17.7. The van der Waals surface area contributed by atoms with Gasteiger partial charge in [0.05, 0.1) is 12.2 Å². The van der Waals surface area contributed by atoms with Gasteiger partial charge in [-0.1, -0.05) is 0 Å². The lowest BCUT2D eigenvalue weighted by atomic mass is 10.0. The minimum absolute atomic E-state index is 0.0492. The molecule has 0 unspecified atom stereocenters. The van der Waals surface area contributed by atoms with Crippen LogP contribution in [0.3, 0.4) is 0 Å². The van der Waals surface area contributed by atoms with Crippen LogP contribution >= 0.6 is 11.3 Å². The maximum Gasteiger partial charge on any atom is 0.323 e. The molecule has 7 nitrogen and oxygen atoms in total. The molecule has 2 rings (SSSR count). The fraction of sp³-hybridized carbons (Fsp3) is 0.600. The summed E-state index contributed by atoms with van der Waals surface area (Å²) in [6, 6.07) is 1.60. The van der Waals surface area contributed by atoms with Crippen molar-refractivity contribution in [2.45, 2.75) is 32.2 Å². The summed E-state index contributed by atoms with van der Waals surface area (Å²) >= 11 is 1.49. The maximum absolute atomic E-state index is 12.5. The molecule has 1 aromatic rings. The van der Waals surface area contributed by atoms with Crippen LogP contribution in [0.4, 0.5) is 0 Å². The highest BCUT2D eigenvalue weighted by Crippen LogP contribution is 2.20. The first-order valence-corrected chi connectivity index (χ1v) is 10.4. The molecule has 9 heteroatoms. The normalized spacial score (nSPS) is 16.9. The number of aliphatic carboxylic acids is 1. The molecular weight excluding hydrogens is 352 g/mol. The van der Waals surface area contributed by atoms with Crippen molar-refractivity contribution in [3.05, 3.63) is 22.4 Å². The second-order valence-corrected chi connectivity index (χ2v) is 8.79. The van der Waals surface area contributed by atoms with Gasteiger partial charge in [-0.3, -0.25) is 9.59 Å². The number of nitrogens with zero attached hydrogens (tertiary/aromatic N) is 2. The molecule has 1 amide bonds. The van der Waals surface area contributed by atoms with Gasteiger partial charge in [0.25, 0.3) is 0 Å². The zero-order valence-corrected chi connectivity index (χ0v) is 15.2. The molecule has 0 radical (unpaired) electrons. The molecule has 1 aliphatic rings. The van der Waals surface area contributed by atoms with Crippen LogP contribution in [0.1, 0.15) is 25.3 Å². The second-order valence-electron chi connectivity index (χ2n) is 5.75. The van der Waals surface area contributed by atoms with Gasteiger partial charge < -0.3 is 10.0 Å². The van der Waals surface area contributed by atoms with Gasteiger partial charge in [-0.15, -0.1) is 0 Å². The first-order chi connectivity index (χ1) is 11.3. The van der Waals surface area contributed by atoms with E-state index in [1.807, 2.05) is 16.8 Å². The molecular formula is C15H22N2O5S2. The molecule has 0 aromatic carbocycles. The van der Waals surface area contributed by atoms with E-state index in [0.717, 1.165) is 5.56 Å². The Morgan fingerprint density at radius 2 is 2.04 bits per heavy atom. The predicted octanol–water partition coefficient (Wildman–Crippen LogP) is 1.02. The highest BCUT2D eigenvalue weighted by atomic mass is 32.2. The van der Waals surface area contributed by atoms with Gasteiger partial charge in [0.1, 0.15) is 6.54 Å². The van der Waals surface area contributed by atoms with Crippen LogP contribution in [-0.4, -0.2) is 66.0 Å². The minimum atomic E-state index is -3.24. The zero-order valence-electron chi connectivity index (χ0n) is 13.6. The average Bonchev–Trinajstić information content (AvgIpc) is 3.05. The maximum atomic E-state index is 12.5. The molecule has 1 fully saturated rings. The van der Waals surface area contributed by atoms with Crippen LogP contribution in [0.5, 0.6) is 0 Å². The Morgan fingerprint density at radius 1 is 1.38 bits per heavy atom. The molecule has 1 N–H and O–H groups in total. The van der Waals surface area contributed by atoms with Crippen LogP contribution in [0.15, 0.2) is 16.8 Å². The third-order valence-corrected chi connectivity index (χ3v) is 6.80. The van der Waals surface area contributed by atoms with Crippen molar-refractivity contribution >= 4 is 33.2 Å². The molecule has 0 atom stereocenters. The third kappa shape index (κ3) is 4.78. The molecule has 24 heavy (non-hydrogen) atoms. The fourth-order valence-electron chi connectivity index (χ4n) is 2.85. The van der Waals surface area contributed by atoms with Gasteiger partial charge in [0.2, 0.25) is 15.9 Å². The third-order valence-electron chi connectivity index (χ3n) is 4.18. The molecule has 0 saturated carbocycles. The number of carbonyl (C=O) groups is 2. The summed E-state index contributed by atoms with van der Waals surface area (Å²) in [6.07, 6.45) is 1.09. The number of carbonyl (C=O) groups excluding carboxylic acids is 1.